The lowest BCUT2D eigenvalue weighted by molar-refractivity contribution is -0.384. The lowest BCUT2D eigenvalue weighted by atomic mass is 10.1. The molecule has 0 N–H and O–H groups in total. The predicted molar refractivity (Wildman–Crippen MR) is 121 cm³/mol. The van der Waals surface area contributed by atoms with E-state index in [1.165, 1.54) is 31.4 Å². The Hall–Kier alpha value is -3.40. The van der Waals surface area contributed by atoms with Crippen LogP contribution in [-0.4, -0.2) is 44.1 Å². The van der Waals surface area contributed by atoms with Crippen molar-refractivity contribution in [3.8, 4) is 11.5 Å². The molecule has 2 rings (SSSR count). The first-order valence-corrected chi connectivity index (χ1v) is 11.6. The fraction of sp³-hybridized carbons (Fsp3) is 0.318. The normalized spacial score (nSPS) is 11.5. The van der Waals surface area contributed by atoms with Crippen molar-refractivity contribution >= 4 is 27.8 Å². The van der Waals surface area contributed by atoms with E-state index in [1.54, 1.807) is 35.2 Å². The molecule has 1 amide bonds. The molecule has 0 saturated carbocycles. The summed E-state index contributed by atoms with van der Waals surface area (Å²) in [5.74, 6) is 0.250. The maximum atomic E-state index is 12.8. The van der Waals surface area contributed by atoms with Crippen molar-refractivity contribution in [2.24, 2.45) is 5.92 Å². The van der Waals surface area contributed by atoms with Gasteiger partial charge in [0.05, 0.1) is 18.3 Å². The molecule has 0 aromatic heterocycles. The Bertz CT molecular complexity index is 1090. The topological polar surface area (TPSA) is 116 Å². The van der Waals surface area contributed by atoms with Gasteiger partial charge < -0.3 is 13.8 Å². The number of nitro groups is 1. The number of ether oxygens (including phenoxy) is 1. The Morgan fingerprint density at radius 3 is 2.34 bits per heavy atom. The molecular weight excluding hydrogens is 436 g/mol. The lowest BCUT2D eigenvalue weighted by Gasteiger charge is -2.24. The number of hydrogen-bond acceptors (Lipinski definition) is 7. The van der Waals surface area contributed by atoms with E-state index >= 15 is 0 Å². The summed E-state index contributed by atoms with van der Waals surface area (Å²) in [5, 5.41) is 10.8. The molecule has 172 valence electrons. The number of amides is 1. The molecular formula is C22H26N2O7S. The van der Waals surface area contributed by atoms with Gasteiger partial charge in [0.2, 0.25) is 5.91 Å². The Morgan fingerprint density at radius 2 is 1.81 bits per heavy atom. The maximum absolute atomic E-state index is 12.8. The van der Waals surface area contributed by atoms with Crippen LogP contribution in [0.25, 0.3) is 6.08 Å². The summed E-state index contributed by atoms with van der Waals surface area (Å²) in [6, 6.07) is 10.7. The fourth-order valence-electron chi connectivity index (χ4n) is 2.92. The predicted octanol–water partition coefficient (Wildman–Crippen LogP) is 3.64. The van der Waals surface area contributed by atoms with Gasteiger partial charge in [-0.3, -0.25) is 14.9 Å². The summed E-state index contributed by atoms with van der Waals surface area (Å²) >= 11 is 0. The Balaban J connectivity index is 2.23. The molecule has 0 aliphatic carbocycles. The molecule has 0 aliphatic heterocycles. The van der Waals surface area contributed by atoms with E-state index in [-0.39, 0.29) is 35.6 Å². The summed E-state index contributed by atoms with van der Waals surface area (Å²) in [6.45, 7) is 4.66. The first-order valence-electron chi connectivity index (χ1n) is 9.76. The number of nitrogens with zero attached hydrogens (tertiary/aromatic N) is 2. The van der Waals surface area contributed by atoms with Crippen molar-refractivity contribution in [2.75, 3.05) is 19.9 Å². The molecule has 0 unspecified atom stereocenters. The number of non-ortho nitro benzene ring substituents is 1. The van der Waals surface area contributed by atoms with E-state index in [0.29, 0.717) is 17.7 Å². The summed E-state index contributed by atoms with van der Waals surface area (Å²) in [6.07, 6.45) is 3.93. The van der Waals surface area contributed by atoms with E-state index < -0.39 is 15.0 Å². The average molecular weight is 463 g/mol. The number of rotatable bonds is 10. The molecule has 0 heterocycles. The van der Waals surface area contributed by atoms with E-state index in [0.717, 1.165) is 6.26 Å². The van der Waals surface area contributed by atoms with Gasteiger partial charge in [0.25, 0.3) is 5.69 Å². The first kappa shape index (κ1) is 24.9. The Labute approximate surface area is 187 Å². The van der Waals surface area contributed by atoms with Crippen molar-refractivity contribution in [2.45, 2.75) is 20.4 Å². The molecule has 32 heavy (non-hydrogen) atoms. The number of hydrogen-bond donors (Lipinski definition) is 0. The van der Waals surface area contributed by atoms with E-state index in [4.69, 9.17) is 8.92 Å². The molecule has 0 spiro atoms. The molecule has 2 aromatic rings. The monoisotopic (exact) mass is 462 g/mol. The van der Waals surface area contributed by atoms with Gasteiger partial charge in [-0.15, -0.1) is 0 Å². The highest BCUT2D eigenvalue weighted by atomic mass is 32.2. The molecule has 0 bridgehead atoms. The third-order valence-corrected chi connectivity index (χ3v) is 4.74. The third-order valence-electron chi connectivity index (χ3n) is 4.26. The van der Waals surface area contributed by atoms with Crippen LogP contribution in [0.15, 0.2) is 48.5 Å². The van der Waals surface area contributed by atoms with Gasteiger partial charge in [-0.2, -0.15) is 8.42 Å². The second kappa shape index (κ2) is 10.8. The number of benzene rings is 2. The lowest BCUT2D eigenvalue weighted by Crippen LogP contribution is -2.32. The number of carbonyl (C=O) groups excluding carboxylic acids is 1. The second-order valence-corrected chi connectivity index (χ2v) is 9.14. The van der Waals surface area contributed by atoms with E-state index in [9.17, 15) is 23.3 Å². The zero-order valence-electron chi connectivity index (χ0n) is 18.3. The molecule has 0 fully saturated rings. The van der Waals surface area contributed by atoms with Gasteiger partial charge in [-0.1, -0.05) is 19.9 Å². The first-order chi connectivity index (χ1) is 15.0. The van der Waals surface area contributed by atoms with Crippen molar-refractivity contribution < 1.29 is 27.1 Å². The molecule has 0 radical (unpaired) electrons. The SMILES string of the molecule is COc1ccc(CN(CC(C)C)C(=O)/C=C/c2ccc([N+](=O)[O-])cc2)cc1OS(C)(=O)=O. The average Bonchev–Trinajstić information content (AvgIpc) is 2.70. The van der Waals surface area contributed by atoms with Crippen molar-refractivity contribution in [3.05, 3.63) is 69.8 Å². The second-order valence-electron chi connectivity index (χ2n) is 7.57. The molecule has 0 saturated heterocycles. The number of nitro benzene ring substituents is 1. The standard InChI is InChI=1S/C22H26N2O7S/c1-16(2)14-23(22(25)12-8-17-5-9-19(10-6-17)24(26)27)15-18-7-11-20(30-3)21(13-18)31-32(4,28)29/h5-13,16H,14-15H2,1-4H3/b12-8+. The van der Waals surface area contributed by atoms with Crippen molar-refractivity contribution in [3.63, 3.8) is 0 Å². The molecule has 0 aliphatic rings. The smallest absolute Gasteiger partial charge is 0.306 e. The largest absolute Gasteiger partial charge is 0.493 e. The van der Waals surface area contributed by atoms with Crippen molar-refractivity contribution in [1.82, 2.24) is 4.90 Å². The van der Waals surface area contributed by atoms with Crippen LogP contribution in [0.1, 0.15) is 25.0 Å². The van der Waals surface area contributed by atoms with Crippen LogP contribution in [-0.2, 0) is 21.5 Å². The number of carbonyl (C=O) groups is 1. The fourth-order valence-corrected chi connectivity index (χ4v) is 3.38. The van der Waals surface area contributed by atoms with Crippen LogP contribution in [0.3, 0.4) is 0 Å². The zero-order chi connectivity index (χ0) is 23.9. The minimum atomic E-state index is -3.75. The summed E-state index contributed by atoms with van der Waals surface area (Å²) in [7, 11) is -2.35. The van der Waals surface area contributed by atoms with Gasteiger partial charge in [0.15, 0.2) is 11.5 Å². The van der Waals surface area contributed by atoms with Crippen LogP contribution in [0.5, 0.6) is 11.5 Å². The van der Waals surface area contributed by atoms with Crippen LogP contribution in [0, 0.1) is 16.0 Å². The van der Waals surface area contributed by atoms with Gasteiger partial charge >= 0.3 is 10.1 Å². The van der Waals surface area contributed by atoms with Crippen LogP contribution < -0.4 is 8.92 Å². The minimum absolute atomic E-state index is 0.0264. The Kier molecular flexibility index (Phi) is 8.36. The molecule has 0 atom stereocenters. The van der Waals surface area contributed by atoms with Crippen LogP contribution in [0.4, 0.5) is 5.69 Å². The minimum Gasteiger partial charge on any atom is -0.493 e. The van der Waals surface area contributed by atoms with Gasteiger partial charge in [-0.25, -0.2) is 0 Å². The number of methoxy groups -OCH3 is 1. The maximum Gasteiger partial charge on any atom is 0.306 e. The van der Waals surface area contributed by atoms with Crippen molar-refractivity contribution in [1.29, 1.82) is 0 Å². The molecule has 2 aromatic carbocycles. The van der Waals surface area contributed by atoms with E-state index in [1.807, 2.05) is 13.8 Å². The zero-order valence-corrected chi connectivity index (χ0v) is 19.2. The summed E-state index contributed by atoms with van der Waals surface area (Å²) in [5.41, 5.74) is 1.30. The van der Waals surface area contributed by atoms with E-state index in [2.05, 4.69) is 0 Å². The van der Waals surface area contributed by atoms with Gasteiger partial charge in [0.1, 0.15) is 0 Å². The van der Waals surface area contributed by atoms with Gasteiger partial charge in [-0.05, 0) is 47.4 Å². The van der Waals surface area contributed by atoms with Crippen LogP contribution in [0.2, 0.25) is 0 Å². The third kappa shape index (κ3) is 7.69. The summed E-state index contributed by atoms with van der Waals surface area (Å²) in [4.78, 5) is 24.7. The van der Waals surface area contributed by atoms with Crippen LogP contribution >= 0.6 is 0 Å². The highest BCUT2D eigenvalue weighted by Crippen LogP contribution is 2.29. The Morgan fingerprint density at radius 1 is 1.16 bits per heavy atom. The highest BCUT2D eigenvalue weighted by molar-refractivity contribution is 7.86. The molecule has 9 nitrogen and oxygen atoms in total. The summed E-state index contributed by atoms with van der Waals surface area (Å²) < 4.78 is 33.2. The molecule has 10 heteroatoms. The quantitative estimate of drug-likeness (QED) is 0.229. The highest BCUT2D eigenvalue weighted by Gasteiger charge is 2.16. The van der Waals surface area contributed by atoms with Gasteiger partial charge in [0, 0.05) is 31.3 Å².